The Morgan fingerprint density at radius 1 is 1.29 bits per heavy atom. The van der Waals surface area contributed by atoms with Gasteiger partial charge in [-0.05, 0) is 12.8 Å². The molecule has 8 nitrogen and oxygen atoms in total. The Hall–Kier alpha value is -2.25. The van der Waals surface area contributed by atoms with Gasteiger partial charge in [0.05, 0.1) is 6.04 Å². The van der Waals surface area contributed by atoms with Gasteiger partial charge in [0.25, 0.3) is 0 Å². The molecule has 0 saturated carbocycles. The summed E-state index contributed by atoms with van der Waals surface area (Å²) >= 11 is 0. The number of aryl methyl sites for hydroxylation is 1. The number of amides is 1. The van der Waals surface area contributed by atoms with Gasteiger partial charge in [-0.25, -0.2) is 0 Å². The van der Waals surface area contributed by atoms with E-state index in [1.807, 2.05) is 18.7 Å². The Bertz CT molecular complexity index is 693. The average molecular weight is 333 g/mol. The van der Waals surface area contributed by atoms with Crippen LogP contribution in [0.4, 0.5) is 0 Å². The number of carbonyl (C=O) groups excluding carboxylic acids is 1. The third kappa shape index (κ3) is 3.63. The first-order chi connectivity index (χ1) is 11.5. The molecule has 1 atom stereocenters. The Labute approximate surface area is 140 Å². The molecule has 1 aliphatic rings. The molecule has 1 amide bonds. The first-order valence-electron chi connectivity index (χ1n) is 8.46. The average Bonchev–Trinajstić information content (AvgIpc) is 3.10. The molecule has 3 heterocycles. The number of hydrogen-bond acceptors (Lipinski definition) is 7. The summed E-state index contributed by atoms with van der Waals surface area (Å²) in [6.45, 7) is 6.40. The van der Waals surface area contributed by atoms with Crippen molar-refractivity contribution < 1.29 is 13.7 Å². The highest BCUT2D eigenvalue weighted by atomic mass is 16.5. The van der Waals surface area contributed by atoms with Crippen LogP contribution in [0.1, 0.15) is 75.0 Å². The molecule has 8 heteroatoms. The van der Waals surface area contributed by atoms with E-state index >= 15 is 0 Å². The molecule has 1 fully saturated rings. The van der Waals surface area contributed by atoms with Crippen LogP contribution in [0.2, 0.25) is 0 Å². The van der Waals surface area contributed by atoms with E-state index in [2.05, 4.69) is 20.3 Å². The van der Waals surface area contributed by atoms with Crippen LogP contribution in [0.15, 0.2) is 8.94 Å². The zero-order valence-corrected chi connectivity index (χ0v) is 14.4. The van der Waals surface area contributed by atoms with Crippen molar-refractivity contribution >= 4 is 5.91 Å². The molecule has 2 aromatic rings. The van der Waals surface area contributed by atoms with Crippen molar-refractivity contribution in [1.82, 2.24) is 25.2 Å². The number of rotatable bonds is 4. The molecule has 0 spiro atoms. The Kier molecular flexibility index (Phi) is 4.92. The van der Waals surface area contributed by atoms with Crippen molar-refractivity contribution in [1.29, 1.82) is 0 Å². The molecule has 0 unspecified atom stereocenters. The third-order valence-corrected chi connectivity index (χ3v) is 4.19. The van der Waals surface area contributed by atoms with Gasteiger partial charge in [-0.2, -0.15) is 4.98 Å². The van der Waals surface area contributed by atoms with Crippen molar-refractivity contribution in [3.63, 3.8) is 0 Å². The summed E-state index contributed by atoms with van der Waals surface area (Å²) in [6.07, 6.45) is 4.05. The second-order valence-corrected chi connectivity index (χ2v) is 6.49. The second-order valence-electron chi connectivity index (χ2n) is 6.49. The summed E-state index contributed by atoms with van der Waals surface area (Å²) in [4.78, 5) is 19.1. The summed E-state index contributed by atoms with van der Waals surface area (Å²) in [5.74, 6) is 2.13. The number of nitrogens with zero attached hydrogens (tertiary/aromatic N) is 5. The first-order valence-corrected chi connectivity index (χ1v) is 8.46. The summed E-state index contributed by atoms with van der Waals surface area (Å²) < 4.78 is 10.7. The van der Waals surface area contributed by atoms with Crippen molar-refractivity contribution in [3.8, 4) is 0 Å². The maximum atomic E-state index is 12.8. The van der Waals surface area contributed by atoms with E-state index in [-0.39, 0.29) is 24.3 Å². The van der Waals surface area contributed by atoms with E-state index in [0.717, 1.165) is 25.7 Å². The van der Waals surface area contributed by atoms with Crippen LogP contribution in [0.25, 0.3) is 0 Å². The summed E-state index contributed by atoms with van der Waals surface area (Å²) in [7, 11) is 0. The van der Waals surface area contributed by atoms with Crippen LogP contribution >= 0.6 is 0 Å². The van der Waals surface area contributed by atoms with Gasteiger partial charge in [-0.1, -0.05) is 31.8 Å². The maximum Gasteiger partial charge on any atom is 0.232 e. The molecular weight excluding hydrogens is 310 g/mol. The molecule has 24 heavy (non-hydrogen) atoms. The molecule has 0 N–H and O–H groups in total. The summed E-state index contributed by atoms with van der Waals surface area (Å²) in [6, 6.07) is -0.153. The summed E-state index contributed by atoms with van der Waals surface area (Å²) in [5, 5.41) is 11.8. The Balaban J connectivity index is 1.79. The molecular formula is C16H23N5O3. The van der Waals surface area contributed by atoms with Gasteiger partial charge in [0.2, 0.25) is 23.6 Å². The minimum absolute atomic E-state index is 0.0403. The monoisotopic (exact) mass is 333 g/mol. The van der Waals surface area contributed by atoms with Crippen LogP contribution < -0.4 is 0 Å². The van der Waals surface area contributed by atoms with Crippen LogP contribution in [0.5, 0.6) is 0 Å². The lowest BCUT2D eigenvalue weighted by Crippen LogP contribution is -2.36. The predicted octanol–water partition coefficient (Wildman–Crippen LogP) is 2.57. The molecule has 0 radical (unpaired) electrons. The highest BCUT2D eigenvalue weighted by Crippen LogP contribution is 2.29. The van der Waals surface area contributed by atoms with Gasteiger partial charge in [0.1, 0.15) is 6.42 Å². The van der Waals surface area contributed by atoms with Crippen molar-refractivity contribution in [2.24, 2.45) is 0 Å². The van der Waals surface area contributed by atoms with E-state index in [0.29, 0.717) is 30.0 Å². The summed E-state index contributed by atoms with van der Waals surface area (Å²) in [5.41, 5.74) is 0. The van der Waals surface area contributed by atoms with Crippen LogP contribution in [-0.2, 0) is 11.2 Å². The fourth-order valence-corrected chi connectivity index (χ4v) is 2.93. The highest BCUT2D eigenvalue weighted by Gasteiger charge is 2.31. The topological polar surface area (TPSA) is 98.2 Å². The van der Waals surface area contributed by atoms with Gasteiger partial charge in [-0.15, -0.1) is 10.2 Å². The number of likely N-dealkylation sites (tertiary alicyclic amines) is 1. The Morgan fingerprint density at radius 2 is 2.12 bits per heavy atom. The first kappa shape index (κ1) is 16.6. The molecule has 1 saturated heterocycles. The van der Waals surface area contributed by atoms with E-state index in [9.17, 15) is 4.79 Å². The van der Waals surface area contributed by atoms with E-state index < -0.39 is 0 Å². The van der Waals surface area contributed by atoms with E-state index in [1.54, 1.807) is 6.92 Å². The second kappa shape index (κ2) is 7.11. The fourth-order valence-electron chi connectivity index (χ4n) is 2.93. The third-order valence-electron chi connectivity index (χ3n) is 4.19. The number of hydrogen-bond donors (Lipinski definition) is 0. The number of carbonyl (C=O) groups is 1. The minimum Gasteiger partial charge on any atom is -0.425 e. The van der Waals surface area contributed by atoms with Crippen molar-refractivity contribution in [2.45, 2.75) is 64.8 Å². The quantitative estimate of drug-likeness (QED) is 0.848. The fraction of sp³-hybridized carbons (Fsp3) is 0.688. The lowest BCUT2D eigenvalue weighted by atomic mass is 10.1. The molecule has 130 valence electrons. The smallest absolute Gasteiger partial charge is 0.232 e. The largest absolute Gasteiger partial charge is 0.425 e. The lowest BCUT2D eigenvalue weighted by molar-refractivity contribution is -0.133. The van der Waals surface area contributed by atoms with Gasteiger partial charge in [0.15, 0.2) is 5.82 Å². The van der Waals surface area contributed by atoms with Gasteiger partial charge in [0, 0.05) is 19.4 Å². The van der Waals surface area contributed by atoms with Crippen molar-refractivity contribution in [2.75, 3.05) is 6.54 Å². The molecule has 3 rings (SSSR count). The van der Waals surface area contributed by atoms with Crippen LogP contribution in [-0.4, -0.2) is 37.7 Å². The van der Waals surface area contributed by atoms with Gasteiger partial charge in [-0.3, -0.25) is 4.79 Å². The molecule has 0 aliphatic carbocycles. The SMILES string of the molecule is Cc1nnc(CC(=O)N2CCCCC[C@H]2c2noc(C(C)C)n2)o1. The Morgan fingerprint density at radius 3 is 2.79 bits per heavy atom. The molecule has 0 aromatic carbocycles. The number of aromatic nitrogens is 4. The zero-order chi connectivity index (χ0) is 17.1. The van der Waals surface area contributed by atoms with Crippen molar-refractivity contribution in [3.05, 3.63) is 23.5 Å². The van der Waals surface area contributed by atoms with Crippen LogP contribution in [0, 0.1) is 6.92 Å². The molecule has 2 aromatic heterocycles. The lowest BCUT2D eigenvalue weighted by Gasteiger charge is -2.27. The molecule has 1 aliphatic heterocycles. The standard InChI is InChI=1S/C16H23N5O3/c1-10(2)16-17-15(20-24-16)12-7-5-4-6-8-21(12)14(22)9-13-19-18-11(3)23-13/h10,12H,4-9H2,1-3H3/t12-/m0/s1. The van der Waals surface area contributed by atoms with E-state index in [1.165, 1.54) is 0 Å². The molecule has 0 bridgehead atoms. The predicted molar refractivity (Wildman–Crippen MR) is 84.0 cm³/mol. The highest BCUT2D eigenvalue weighted by molar-refractivity contribution is 5.78. The normalized spacial score (nSPS) is 18.8. The van der Waals surface area contributed by atoms with Crippen LogP contribution in [0.3, 0.4) is 0 Å². The van der Waals surface area contributed by atoms with Gasteiger partial charge < -0.3 is 13.8 Å². The zero-order valence-electron chi connectivity index (χ0n) is 14.4. The maximum absolute atomic E-state index is 12.8. The minimum atomic E-state index is -0.153. The van der Waals surface area contributed by atoms with E-state index in [4.69, 9.17) is 8.94 Å². The van der Waals surface area contributed by atoms with Gasteiger partial charge >= 0.3 is 0 Å².